The van der Waals surface area contributed by atoms with E-state index < -0.39 is 24.7 Å². The van der Waals surface area contributed by atoms with Crippen LogP contribution in [0.1, 0.15) is 18.6 Å². The summed E-state index contributed by atoms with van der Waals surface area (Å²) in [6.07, 6.45) is 0.287. The first-order valence-corrected chi connectivity index (χ1v) is 6.01. The van der Waals surface area contributed by atoms with Crippen LogP contribution in [-0.2, 0) is 14.3 Å². The van der Waals surface area contributed by atoms with Crippen molar-refractivity contribution in [2.24, 2.45) is 4.99 Å². The van der Waals surface area contributed by atoms with Gasteiger partial charge in [-0.3, -0.25) is 0 Å². The normalized spacial score (nSPS) is 20.8. The smallest absolute Gasteiger partial charge is 0.387 e. The number of halogens is 2. The molecule has 0 N–H and O–H groups in total. The van der Waals surface area contributed by atoms with Crippen molar-refractivity contribution in [3.8, 4) is 5.75 Å². The Morgan fingerprint density at radius 1 is 1.45 bits per heavy atom. The molecule has 2 rings (SSSR count). The predicted octanol–water partition coefficient (Wildman–Crippen LogP) is 2.32. The largest absolute Gasteiger partial charge is 0.473 e. The number of alkyl halides is 2. The Hall–Kier alpha value is -2.18. The number of rotatable bonds is 5. The van der Waals surface area contributed by atoms with Gasteiger partial charge >= 0.3 is 12.6 Å². The summed E-state index contributed by atoms with van der Waals surface area (Å²) in [6, 6.07) is 5.19. The van der Waals surface area contributed by atoms with E-state index in [4.69, 9.17) is 9.47 Å². The van der Waals surface area contributed by atoms with Gasteiger partial charge in [0.25, 0.3) is 0 Å². The van der Waals surface area contributed by atoms with Gasteiger partial charge in [0, 0.05) is 5.56 Å². The van der Waals surface area contributed by atoms with E-state index in [1.807, 2.05) is 0 Å². The lowest BCUT2D eigenvalue weighted by atomic mass is 10.0. The third-order valence-corrected chi connectivity index (χ3v) is 2.69. The van der Waals surface area contributed by atoms with Crippen molar-refractivity contribution in [1.82, 2.24) is 0 Å². The topological polar surface area (TPSA) is 57.1 Å². The zero-order chi connectivity index (χ0) is 14.5. The molecule has 7 heteroatoms. The van der Waals surface area contributed by atoms with Crippen LogP contribution in [0.2, 0.25) is 0 Å². The van der Waals surface area contributed by atoms with Gasteiger partial charge in [0.15, 0.2) is 18.5 Å². The summed E-state index contributed by atoms with van der Waals surface area (Å²) in [5.74, 6) is -0.620. The summed E-state index contributed by atoms with van der Waals surface area (Å²) in [4.78, 5) is 15.6. The third kappa shape index (κ3) is 3.04. The Bertz CT molecular complexity index is 507. The van der Waals surface area contributed by atoms with Crippen LogP contribution in [0.5, 0.6) is 5.75 Å². The quantitative estimate of drug-likeness (QED) is 0.779. The molecule has 0 amide bonds. The minimum absolute atomic E-state index is 0.0488. The van der Waals surface area contributed by atoms with Crippen molar-refractivity contribution in [2.75, 3.05) is 6.61 Å². The molecule has 0 aromatic heterocycles. The summed E-state index contributed by atoms with van der Waals surface area (Å²) in [5, 5.41) is 0. The molecule has 1 aliphatic heterocycles. The number of hydrogen-bond donors (Lipinski definition) is 0. The van der Waals surface area contributed by atoms with E-state index in [-0.39, 0.29) is 12.4 Å². The van der Waals surface area contributed by atoms with Crippen LogP contribution in [0.25, 0.3) is 0 Å². The van der Waals surface area contributed by atoms with Crippen molar-refractivity contribution < 1.29 is 27.8 Å². The molecular weight excluding hydrogens is 272 g/mol. The fourth-order valence-electron chi connectivity index (χ4n) is 1.89. The number of hydrogen-bond acceptors (Lipinski definition) is 5. The van der Waals surface area contributed by atoms with Crippen molar-refractivity contribution >= 4 is 12.4 Å². The van der Waals surface area contributed by atoms with Crippen LogP contribution in [-0.4, -0.2) is 31.6 Å². The predicted molar refractivity (Wildman–Crippen MR) is 65.8 cm³/mol. The highest BCUT2D eigenvalue weighted by Crippen LogP contribution is 2.34. The van der Waals surface area contributed by atoms with Crippen molar-refractivity contribution in [3.05, 3.63) is 29.8 Å². The molecular formula is C13H13F2NO4. The molecule has 5 nitrogen and oxygen atoms in total. The summed E-state index contributed by atoms with van der Waals surface area (Å²) in [6.45, 7) is -1.09. The molecule has 2 unspecified atom stereocenters. The summed E-state index contributed by atoms with van der Waals surface area (Å²) in [7, 11) is 0. The summed E-state index contributed by atoms with van der Waals surface area (Å²) in [5.41, 5.74) is 0.323. The molecule has 108 valence electrons. The minimum Gasteiger partial charge on any atom is -0.473 e. The fraction of sp³-hybridized carbons (Fsp3) is 0.385. The fourth-order valence-corrected chi connectivity index (χ4v) is 1.89. The number of ether oxygens (including phenoxy) is 3. The van der Waals surface area contributed by atoms with E-state index in [0.717, 1.165) is 6.40 Å². The molecule has 20 heavy (non-hydrogen) atoms. The zero-order valence-corrected chi connectivity index (χ0v) is 10.7. The molecule has 0 bridgehead atoms. The molecule has 1 aromatic rings. The number of benzene rings is 1. The Morgan fingerprint density at radius 2 is 2.20 bits per heavy atom. The molecule has 0 spiro atoms. The Morgan fingerprint density at radius 3 is 2.90 bits per heavy atom. The Kier molecular flexibility index (Phi) is 4.49. The lowest BCUT2D eigenvalue weighted by Gasteiger charge is -2.19. The van der Waals surface area contributed by atoms with Crippen molar-refractivity contribution in [2.45, 2.75) is 25.7 Å². The number of para-hydroxylation sites is 1. The highest BCUT2D eigenvalue weighted by Gasteiger charge is 2.37. The maximum atomic E-state index is 12.4. The summed E-state index contributed by atoms with van der Waals surface area (Å²) < 4.78 is 39.3. The van der Waals surface area contributed by atoms with Crippen LogP contribution < -0.4 is 4.74 Å². The van der Waals surface area contributed by atoms with Crippen molar-refractivity contribution in [1.29, 1.82) is 0 Å². The number of nitrogens with zero attached hydrogens (tertiary/aromatic N) is 1. The van der Waals surface area contributed by atoms with Gasteiger partial charge in [-0.2, -0.15) is 8.78 Å². The van der Waals surface area contributed by atoms with E-state index in [1.54, 1.807) is 25.1 Å². The highest BCUT2D eigenvalue weighted by molar-refractivity contribution is 5.80. The van der Waals surface area contributed by atoms with Gasteiger partial charge in [-0.1, -0.05) is 18.2 Å². The first-order valence-electron chi connectivity index (χ1n) is 6.01. The Balaban J connectivity index is 2.24. The van der Waals surface area contributed by atoms with Gasteiger partial charge in [0.1, 0.15) is 5.75 Å². The number of carbonyl (C=O) groups excluding carboxylic acids is 1. The van der Waals surface area contributed by atoms with Crippen molar-refractivity contribution in [3.63, 3.8) is 0 Å². The second kappa shape index (κ2) is 6.31. The standard InChI is InChI=1S/C13H13F2NO4/c1-2-18-12(17)10-11(19-7-16-10)8-5-3-4-6-9(8)20-13(14)15/h3-7,10-11,13H,2H2,1H3. The van der Waals surface area contributed by atoms with Crippen LogP contribution in [0, 0.1) is 0 Å². The average molecular weight is 285 g/mol. The van der Waals surface area contributed by atoms with E-state index in [2.05, 4.69) is 9.73 Å². The van der Waals surface area contributed by atoms with E-state index >= 15 is 0 Å². The van der Waals surface area contributed by atoms with E-state index in [1.165, 1.54) is 6.07 Å². The van der Waals surface area contributed by atoms with Gasteiger partial charge in [-0.05, 0) is 13.0 Å². The molecule has 0 fully saturated rings. The second-order valence-electron chi connectivity index (χ2n) is 3.92. The second-order valence-corrected chi connectivity index (χ2v) is 3.92. The lowest BCUT2D eigenvalue weighted by Crippen LogP contribution is -2.26. The maximum Gasteiger partial charge on any atom is 0.387 e. The zero-order valence-electron chi connectivity index (χ0n) is 10.7. The van der Waals surface area contributed by atoms with Crippen LogP contribution in [0.15, 0.2) is 29.3 Å². The van der Waals surface area contributed by atoms with Crippen LogP contribution in [0.3, 0.4) is 0 Å². The highest BCUT2D eigenvalue weighted by atomic mass is 19.3. The molecule has 0 saturated heterocycles. The van der Waals surface area contributed by atoms with E-state index in [9.17, 15) is 13.6 Å². The number of carbonyl (C=O) groups is 1. The lowest BCUT2D eigenvalue weighted by molar-refractivity contribution is -0.146. The van der Waals surface area contributed by atoms with Gasteiger partial charge in [0.2, 0.25) is 0 Å². The van der Waals surface area contributed by atoms with Gasteiger partial charge in [-0.25, -0.2) is 9.79 Å². The molecule has 2 atom stereocenters. The van der Waals surface area contributed by atoms with Crippen LogP contribution in [0.4, 0.5) is 8.78 Å². The molecule has 1 heterocycles. The summed E-state index contributed by atoms with van der Waals surface area (Å²) >= 11 is 0. The van der Waals surface area contributed by atoms with Crippen LogP contribution >= 0.6 is 0 Å². The molecule has 1 aromatic carbocycles. The third-order valence-electron chi connectivity index (χ3n) is 2.69. The molecule has 0 radical (unpaired) electrons. The molecule has 0 saturated carbocycles. The number of aliphatic imine (C=N–C) groups is 1. The van der Waals surface area contributed by atoms with Gasteiger partial charge < -0.3 is 14.2 Å². The maximum absolute atomic E-state index is 12.4. The average Bonchev–Trinajstić information content (AvgIpc) is 2.88. The number of esters is 1. The molecule has 1 aliphatic rings. The van der Waals surface area contributed by atoms with E-state index in [0.29, 0.717) is 5.56 Å². The molecule has 0 aliphatic carbocycles. The minimum atomic E-state index is -2.96. The van der Waals surface area contributed by atoms with Gasteiger partial charge in [-0.15, -0.1) is 0 Å². The SMILES string of the molecule is CCOC(=O)C1N=COC1c1ccccc1OC(F)F. The first kappa shape index (κ1) is 14.2. The Labute approximate surface area is 114 Å². The monoisotopic (exact) mass is 285 g/mol. The first-order chi connectivity index (χ1) is 9.63. The van der Waals surface area contributed by atoms with Gasteiger partial charge in [0.05, 0.1) is 6.61 Å².